The summed E-state index contributed by atoms with van der Waals surface area (Å²) in [7, 11) is -6.83. The van der Waals surface area contributed by atoms with Gasteiger partial charge in [-0.1, -0.05) is 172 Å². The van der Waals surface area contributed by atoms with Crippen LogP contribution in [0.25, 0.3) is 0 Å². The second-order valence-corrected chi connectivity index (χ2v) is 81.7. The van der Waals surface area contributed by atoms with Gasteiger partial charge in [-0.2, -0.15) is 0 Å². The third-order valence-electron chi connectivity index (χ3n) is 14.5. The van der Waals surface area contributed by atoms with E-state index in [9.17, 15) is 0 Å². The fourth-order valence-corrected chi connectivity index (χ4v) is 246. The average molecular weight is 621 g/mol. The molecule has 6 heteroatoms. The fraction of sp³-hybridized carbons (Fsp3) is 0.812. The van der Waals surface area contributed by atoms with Crippen LogP contribution in [0.3, 0.4) is 0 Å². The standard InChI is InChI=1S/C32H68Si6/c1-29(2,3)33(13,14)37(34(15,16)30(4,5)6)26-28(27-24-22-21-23-25-27)38(37,35(17,18)31(7,8)9)36(19,20)32(10,11)12/h21-25,28H,26H2,1-20H3. The normalized spacial score (nSPS) is 21.7. The van der Waals surface area contributed by atoms with Crippen molar-refractivity contribution in [2.45, 2.75) is 167 Å². The van der Waals surface area contributed by atoms with Crippen molar-refractivity contribution in [3.05, 3.63) is 35.9 Å². The van der Waals surface area contributed by atoms with Crippen LogP contribution in [0.4, 0.5) is 0 Å². The summed E-state index contributed by atoms with van der Waals surface area (Å²) in [5.41, 5.74) is 2.62. The second kappa shape index (κ2) is 9.52. The zero-order chi connectivity index (χ0) is 30.4. The molecule has 1 aromatic carbocycles. The smallest absolute Gasteiger partial charge is 0.0429 e. The molecule has 0 bridgehead atoms. The summed E-state index contributed by atoms with van der Waals surface area (Å²) in [6, 6.07) is 13.8. The van der Waals surface area contributed by atoms with Gasteiger partial charge in [0, 0.05) is 43.6 Å². The first-order chi connectivity index (χ1) is 16.5. The molecule has 0 spiro atoms. The van der Waals surface area contributed by atoms with E-state index in [0.29, 0.717) is 20.2 Å². The lowest BCUT2D eigenvalue weighted by Gasteiger charge is -2.85. The number of hydrogen-bond acceptors (Lipinski definition) is 0. The van der Waals surface area contributed by atoms with Gasteiger partial charge in [0.2, 0.25) is 0 Å². The Hall–Kier alpha value is 0.521. The van der Waals surface area contributed by atoms with Crippen molar-refractivity contribution in [3.63, 3.8) is 0 Å². The minimum Gasteiger partial charge on any atom is -0.0713 e. The maximum Gasteiger partial charge on any atom is 0.0429 e. The van der Waals surface area contributed by atoms with Crippen molar-refractivity contribution >= 4 is 43.6 Å². The summed E-state index contributed by atoms with van der Waals surface area (Å²) in [4.78, 5) is 0. The van der Waals surface area contributed by atoms with Gasteiger partial charge in [0.15, 0.2) is 0 Å². The van der Waals surface area contributed by atoms with E-state index in [-0.39, 0.29) is 0 Å². The first kappa shape index (κ1) is 34.7. The summed E-state index contributed by atoms with van der Waals surface area (Å²) in [6.45, 7) is 52.4. The Bertz CT molecular complexity index is 940. The summed E-state index contributed by atoms with van der Waals surface area (Å²) in [6.07, 6.45) is 0. The molecule has 1 aromatic rings. The quantitative estimate of drug-likeness (QED) is 0.287. The van der Waals surface area contributed by atoms with Crippen LogP contribution in [0.1, 0.15) is 94.2 Å². The lowest BCUT2D eigenvalue weighted by Crippen LogP contribution is -3.07. The Morgan fingerprint density at radius 2 is 0.789 bits per heavy atom. The molecule has 1 fully saturated rings. The average Bonchev–Trinajstić information content (AvgIpc) is 2.64. The maximum absolute atomic E-state index is 2.97. The van der Waals surface area contributed by atoms with E-state index < -0.39 is 43.6 Å². The van der Waals surface area contributed by atoms with E-state index in [0.717, 1.165) is 5.54 Å². The van der Waals surface area contributed by atoms with Gasteiger partial charge < -0.3 is 0 Å². The van der Waals surface area contributed by atoms with E-state index in [4.69, 9.17) is 0 Å². The lowest BCUT2D eigenvalue weighted by molar-refractivity contribution is 0.712. The van der Waals surface area contributed by atoms with E-state index >= 15 is 0 Å². The molecule has 0 saturated carbocycles. The molecule has 0 amide bonds. The van der Waals surface area contributed by atoms with E-state index in [1.807, 2.05) is 0 Å². The van der Waals surface area contributed by atoms with Crippen LogP contribution in [0, 0.1) is 0 Å². The molecule has 1 atom stereocenters. The molecule has 1 aliphatic heterocycles. The van der Waals surface area contributed by atoms with E-state index in [1.54, 1.807) is 11.6 Å². The summed E-state index contributed by atoms with van der Waals surface area (Å²) in [5, 5.41) is 1.73. The van der Waals surface area contributed by atoms with Crippen LogP contribution in [0.15, 0.2) is 30.3 Å². The second-order valence-electron chi connectivity index (χ2n) is 19.4. The Kier molecular flexibility index (Phi) is 8.69. The van der Waals surface area contributed by atoms with Crippen molar-refractivity contribution in [1.29, 1.82) is 0 Å². The highest BCUT2D eigenvalue weighted by Gasteiger charge is 2.89. The van der Waals surface area contributed by atoms with Crippen LogP contribution >= 0.6 is 0 Å². The van der Waals surface area contributed by atoms with Crippen molar-refractivity contribution in [3.8, 4) is 0 Å². The van der Waals surface area contributed by atoms with Gasteiger partial charge in [-0.15, -0.1) is 0 Å². The van der Waals surface area contributed by atoms with Crippen LogP contribution in [0.5, 0.6) is 0 Å². The predicted molar refractivity (Wildman–Crippen MR) is 194 cm³/mol. The molecule has 0 N–H and O–H groups in total. The SMILES string of the molecule is CC(C)(C)[Si](C)(C)[Si]1([Si](C)(C)C(C)(C)C)CC(c2ccccc2)[Si]1([Si](C)(C)C(C)(C)C)[Si](C)(C)C(C)(C)C. The summed E-state index contributed by atoms with van der Waals surface area (Å²) >= 11 is 0. The van der Waals surface area contributed by atoms with Gasteiger partial charge in [-0.3, -0.25) is 0 Å². The maximum atomic E-state index is 2.97. The molecule has 0 aromatic heterocycles. The Labute approximate surface area is 245 Å². The molecule has 1 heterocycles. The zero-order valence-corrected chi connectivity index (χ0v) is 35.7. The minimum absolute atomic E-state index is 0.422. The fourth-order valence-electron chi connectivity index (χ4n) is 9.30. The first-order valence-corrected chi connectivity index (χ1v) is 36.8. The number of benzene rings is 1. The molecule has 1 unspecified atom stereocenters. The van der Waals surface area contributed by atoms with E-state index in [1.165, 1.54) is 0 Å². The van der Waals surface area contributed by atoms with Gasteiger partial charge in [0.05, 0.1) is 0 Å². The largest absolute Gasteiger partial charge is 0.0713 e. The number of hydrogen-bond donors (Lipinski definition) is 0. The minimum atomic E-state index is -1.87. The number of rotatable bonds is 5. The Morgan fingerprint density at radius 3 is 1.05 bits per heavy atom. The van der Waals surface area contributed by atoms with E-state index in [2.05, 4.69) is 166 Å². The van der Waals surface area contributed by atoms with Gasteiger partial charge in [-0.25, -0.2) is 0 Å². The predicted octanol–water partition coefficient (Wildman–Crippen LogP) is 11.6. The van der Waals surface area contributed by atoms with Crippen LogP contribution < -0.4 is 0 Å². The van der Waals surface area contributed by atoms with Crippen molar-refractivity contribution < 1.29 is 0 Å². The molecule has 220 valence electrons. The molecule has 2 rings (SSSR count). The molecule has 1 saturated heterocycles. The Morgan fingerprint density at radius 1 is 0.500 bits per heavy atom. The zero-order valence-electron chi connectivity index (χ0n) is 29.7. The van der Waals surface area contributed by atoms with Crippen molar-refractivity contribution in [2.75, 3.05) is 0 Å². The summed E-state index contributed by atoms with van der Waals surface area (Å²) in [5.74, 6) is 0. The van der Waals surface area contributed by atoms with Gasteiger partial charge >= 0.3 is 0 Å². The molecule has 38 heavy (non-hydrogen) atoms. The topological polar surface area (TPSA) is 0 Å². The molecule has 0 nitrogen and oxygen atoms in total. The van der Waals surface area contributed by atoms with Crippen LogP contribution in [-0.2, 0) is 0 Å². The third-order valence-corrected chi connectivity index (χ3v) is 154. The van der Waals surface area contributed by atoms with Crippen LogP contribution in [0.2, 0.25) is 78.6 Å². The molecular weight excluding hydrogens is 553 g/mol. The molecule has 0 radical (unpaired) electrons. The van der Waals surface area contributed by atoms with Gasteiger partial charge in [0.1, 0.15) is 0 Å². The van der Waals surface area contributed by atoms with Crippen LogP contribution in [-0.4, -0.2) is 43.6 Å². The highest BCUT2D eigenvalue weighted by Crippen LogP contribution is 2.73. The lowest BCUT2D eigenvalue weighted by atomic mass is 10.2. The molecule has 1 aliphatic rings. The highest BCUT2D eigenvalue weighted by molar-refractivity contribution is 8.12. The molecule has 0 aliphatic carbocycles. The summed E-state index contributed by atoms with van der Waals surface area (Å²) < 4.78 is 0. The Balaban J connectivity index is 3.44. The molecular formula is C32H68Si6. The first-order valence-electron chi connectivity index (χ1n) is 15.5. The van der Waals surface area contributed by atoms with Gasteiger partial charge in [-0.05, 0) is 31.3 Å². The van der Waals surface area contributed by atoms with Crippen molar-refractivity contribution in [2.24, 2.45) is 0 Å². The highest BCUT2D eigenvalue weighted by atomic mass is 30.2. The monoisotopic (exact) mass is 620 g/mol. The third kappa shape index (κ3) is 4.22. The van der Waals surface area contributed by atoms with Crippen molar-refractivity contribution in [1.82, 2.24) is 0 Å². The van der Waals surface area contributed by atoms with Gasteiger partial charge in [0.25, 0.3) is 0 Å².